The van der Waals surface area contributed by atoms with E-state index < -0.39 is 0 Å². The van der Waals surface area contributed by atoms with Crippen molar-refractivity contribution in [3.05, 3.63) is 23.0 Å². The average molecular weight is 178 g/mol. The third-order valence-electron chi connectivity index (χ3n) is 3.20. The minimum absolute atomic E-state index is 0.191. The van der Waals surface area contributed by atoms with Gasteiger partial charge < -0.3 is 10.7 Å². The average Bonchev–Trinajstić information content (AvgIpc) is 2.72. The maximum atomic E-state index is 6.05. The lowest BCUT2D eigenvalue weighted by molar-refractivity contribution is 0.607. The SMILES string of the molecule is Cc1c[nH]c(C)c1CCC1(N)CC1. The Morgan fingerprint density at radius 1 is 1.46 bits per heavy atom. The van der Waals surface area contributed by atoms with Crippen molar-refractivity contribution in [3.8, 4) is 0 Å². The van der Waals surface area contributed by atoms with Crippen molar-refractivity contribution in [1.29, 1.82) is 0 Å². The second-order valence-corrected chi connectivity index (χ2v) is 4.44. The van der Waals surface area contributed by atoms with Crippen LogP contribution in [0.2, 0.25) is 0 Å². The van der Waals surface area contributed by atoms with E-state index in [0.29, 0.717) is 0 Å². The molecule has 0 radical (unpaired) electrons. The fourth-order valence-corrected chi connectivity index (χ4v) is 1.86. The standard InChI is InChI=1S/C11H18N2/c1-8-7-13-9(2)10(8)3-4-11(12)5-6-11/h7,13H,3-6,12H2,1-2H3. The van der Waals surface area contributed by atoms with Gasteiger partial charge in [0.2, 0.25) is 0 Å². The van der Waals surface area contributed by atoms with Gasteiger partial charge in [-0.1, -0.05) is 0 Å². The van der Waals surface area contributed by atoms with Gasteiger partial charge in [-0.05, 0) is 50.7 Å². The van der Waals surface area contributed by atoms with Gasteiger partial charge in [0.25, 0.3) is 0 Å². The van der Waals surface area contributed by atoms with Crippen LogP contribution in [0.15, 0.2) is 6.20 Å². The zero-order valence-corrected chi connectivity index (χ0v) is 8.48. The number of aromatic amines is 1. The first-order chi connectivity index (χ1) is 6.11. The van der Waals surface area contributed by atoms with Crippen LogP contribution in [0.1, 0.15) is 36.1 Å². The van der Waals surface area contributed by atoms with Crippen LogP contribution in [0.25, 0.3) is 0 Å². The molecule has 0 atom stereocenters. The Hall–Kier alpha value is -0.760. The van der Waals surface area contributed by atoms with Crippen molar-refractivity contribution in [2.45, 2.75) is 45.1 Å². The lowest BCUT2D eigenvalue weighted by Crippen LogP contribution is -2.22. The molecular formula is C11H18N2. The van der Waals surface area contributed by atoms with Crippen LogP contribution >= 0.6 is 0 Å². The minimum Gasteiger partial charge on any atom is -0.365 e. The summed E-state index contributed by atoms with van der Waals surface area (Å²) in [4.78, 5) is 3.25. The van der Waals surface area contributed by atoms with Gasteiger partial charge in [0.1, 0.15) is 0 Å². The molecule has 0 spiro atoms. The molecule has 1 saturated carbocycles. The molecule has 0 aromatic carbocycles. The van der Waals surface area contributed by atoms with Crippen molar-refractivity contribution in [2.24, 2.45) is 5.73 Å². The molecule has 2 heteroatoms. The number of hydrogen-bond acceptors (Lipinski definition) is 1. The normalized spacial score (nSPS) is 19.0. The topological polar surface area (TPSA) is 41.8 Å². The third-order valence-corrected chi connectivity index (χ3v) is 3.20. The van der Waals surface area contributed by atoms with Crippen LogP contribution < -0.4 is 5.73 Å². The lowest BCUT2D eigenvalue weighted by atomic mass is 10.0. The summed E-state index contributed by atoms with van der Waals surface area (Å²) in [6, 6.07) is 0. The van der Waals surface area contributed by atoms with Gasteiger partial charge >= 0.3 is 0 Å². The Kier molecular flexibility index (Phi) is 1.95. The predicted molar refractivity (Wildman–Crippen MR) is 54.7 cm³/mol. The monoisotopic (exact) mass is 178 g/mol. The summed E-state index contributed by atoms with van der Waals surface area (Å²) in [5, 5.41) is 0. The summed E-state index contributed by atoms with van der Waals surface area (Å²) in [5.41, 5.74) is 10.4. The lowest BCUT2D eigenvalue weighted by Gasteiger charge is -2.08. The summed E-state index contributed by atoms with van der Waals surface area (Å²) < 4.78 is 0. The summed E-state index contributed by atoms with van der Waals surface area (Å²) in [6.07, 6.45) is 6.80. The van der Waals surface area contributed by atoms with Gasteiger partial charge in [0, 0.05) is 17.4 Å². The molecule has 0 amide bonds. The highest BCUT2D eigenvalue weighted by Gasteiger charge is 2.37. The van der Waals surface area contributed by atoms with E-state index in [2.05, 4.69) is 25.0 Å². The van der Waals surface area contributed by atoms with Crippen LogP contribution in [-0.2, 0) is 6.42 Å². The molecule has 72 valence electrons. The van der Waals surface area contributed by atoms with Crippen LogP contribution in [0.5, 0.6) is 0 Å². The predicted octanol–water partition coefficient (Wildman–Crippen LogP) is 2.06. The van der Waals surface area contributed by atoms with Gasteiger partial charge in [-0.15, -0.1) is 0 Å². The Bertz CT molecular complexity index is 288. The molecule has 1 aliphatic carbocycles. The number of H-pyrrole nitrogens is 1. The number of rotatable bonds is 3. The van der Waals surface area contributed by atoms with E-state index in [4.69, 9.17) is 5.73 Å². The van der Waals surface area contributed by atoms with Gasteiger partial charge in [0.05, 0.1) is 0 Å². The highest BCUT2D eigenvalue weighted by atomic mass is 14.8. The molecule has 0 saturated heterocycles. The minimum atomic E-state index is 0.191. The fourth-order valence-electron chi connectivity index (χ4n) is 1.86. The molecule has 2 rings (SSSR count). The molecule has 1 aliphatic rings. The number of aromatic nitrogens is 1. The fraction of sp³-hybridized carbons (Fsp3) is 0.636. The molecule has 0 bridgehead atoms. The van der Waals surface area contributed by atoms with Gasteiger partial charge in [-0.25, -0.2) is 0 Å². The van der Waals surface area contributed by atoms with E-state index in [1.165, 1.54) is 29.7 Å². The van der Waals surface area contributed by atoms with Gasteiger partial charge in [-0.3, -0.25) is 0 Å². The molecule has 1 heterocycles. The quantitative estimate of drug-likeness (QED) is 0.731. The van der Waals surface area contributed by atoms with Crippen LogP contribution in [0.3, 0.4) is 0 Å². The summed E-state index contributed by atoms with van der Waals surface area (Å²) in [7, 11) is 0. The van der Waals surface area contributed by atoms with E-state index in [-0.39, 0.29) is 5.54 Å². The molecule has 1 aromatic heterocycles. The summed E-state index contributed by atoms with van der Waals surface area (Å²) >= 11 is 0. The maximum Gasteiger partial charge on any atom is 0.0158 e. The molecule has 1 fully saturated rings. The van der Waals surface area contributed by atoms with Crippen molar-refractivity contribution in [2.75, 3.05) is 0 Å². The second-order valence-electron chi connectivity index (χ2n) is 4.44. The second kappa shape index (κ2) is 2.88. The smallest absolute Gasteiger partial charge is 0.0158 e. The summed E-state index contributed by atoms with van der Waals surface area (Å²) in [5.74, 6) is 0. The number of aryl methyl sites for hydroxylation is 2. The van der Waals surface area contributed by atoms with Crippen LogP contribution in [0, 0.1) is 13.8 Å². The number of nitrogens with two attached hydrogens (primary N) is 1. The largest absolute Gasteiger partial charge is 0.365 e. The van der Waals surface area contributed by atoms with Crippen molar-refractivity contribution in [1.82, 2.24) is 4.98 Å². The van der Waals surface area contributed by atoms with E-state index in [0.717, 1.165) is 12.8 Å². The Labute approximate surface area is 79.5 Å². The van der Waals surface area contributed by atoms with Crippen molar-refractivity contribution in [3.63, 3.8) is 0 Å². The molecule has 1 aromatic rings. The van der Waals surface area contributed by atoms with Crippen molar-refractivity contribution < 1.29 is 0 Å². The zero-order valence-electron chi connectivity index (χ0n) is 8.48. The Morgan fingerprint density at radius 2 is 2.15 bits per heavy atom. The molecule has 13 heavy (non-hydrogen) atoms. The van der Waals surface area contributed by atoms with E-state index >= 15 is 0 Å². The molecule has 3 N–H and O–H groups in total. The van der Waals surface area contributed by atoms with E-state index in [1.54, 1.807) is 0 Å². The van der Waals surface area contributed by atoms with E-state index in [1.807, 2.05) is 0 Å². The number of nitrogens with one attached hydrogen (secondary N) is 1. The highest BCUT2D eigenvalue weighted by molar-refractivity contribution is 5.29. The Balaban J connectivity index is 2.00. The highest BCUT2D eigenvalue weighted by Crippen LogP contribution is 2.37. The molecule has 0 unspecified atom stereocenters. The molecule has 0 aliphatic heterocycles. The maximum absolute atomic E-state index is 6.05. The Morgan fingerprint density at radius 3 is 2.62 bits per heavy atom. The van der Waals surface area contributed by atoms with E-state index in [9.17, 15) is 0 Å². The first-order valence-electron chi connectivity index (χ1n) is 5.03. The summed E-state index contributed by atoms with van der Waals surface area (Å²) in [6.45, 7) is 4.30. The van der Waals surface area contributed by atoms with Gasteiger partial charge in [-0.2, -0.15) is 0 Å². The first-order valence-corrected chi connectivity index (χ1v) is 5.03. The molecular weight excluding hydrogens is 160 g/mol. The van der Waals surface area contributed by atoms with Crippen molar-refractivity contribution >= 4 is 0 Å². The van der Waals surface area contributed by atoms with Crippen LogP contribution in [0.4, 0.5) is 0 Å². The van der Waals surface area contributed by atoms with Gasteiger partial charge in [0.15, 0.2) is 0 Å². The number of hydrogen-bond donors (Lipinski definition) is 2. The van der Waals surface area contributed by atoms with Crippen LogP contribution in [-0.4, -0.2) is 10.5 Å². The third kappa shape index (κ3) is 1.78. The first kappa shape index (κ1) is 8.82. The zero-order chi connectivity index (χ0) is 9.47. The molecule has 2 nitrogen and oxygen atoms in total.